The van der Waals surface area contributed by atoms with Gasteiger partial charge in [-0.3, -0.25) is 4.79 Å². The highest BCUT2D eigenvalue weighted by Gasteiger charge is 2.12. The summed E-state index contributed by atoms with van der Waals surface area (Å²) in [7, 11) is 1.68. The van der Waals surface area contributed by atoms with E-state index in [0.717, 1.165) is 42.5 Å². The molecule has 2 aromatic heterocycles. The van der Waals surface area contributed by atoms with Crippen molar-refractivity contribution in [3.05, 3.63) is 76.1 Å². The Hall–Kier alpha value is -3.13. The number of methoxy groups -OCH3 is 1. The molecule has 0 spiro atoms. The molecule has 0 unspecified atom stereocenters. The van der Waals surface area contributed by atoms with Crippen LogP contribution in [0.3, 0.4) is 0 Å². The van der Waals surface area contributed by atoms with Gasteiger partial charge in [0.2, 0.25) is 0 Å². The first-order valence-electron chi connectivity index (χ1n) is 10.3. The van der Waals surface area contributed by atoms with E-state index in [-0.39, 0.29) is 5.56 Å². The lowest BCUT2D eigenvalue weighted by atomic mass is 10.1. The summed E-state index contributed by atoms with van der Waals surface area (Å²) in [5, 5.41) is 10.2. The first-order chi connectivity index (χ1) is 15.2. The van der Waals surface area contributed by atoms with Crippen molar-refractivity contribution in [1.29, 1.82) is 0 Å². The first kappa shape index (κ1) is 21.1. The lowest BCUT2D eigenvalue weighted by Crippen LogP contribution is -2.11. The van der Waals surface area contributed by atoms with Crippen molar-refractivity contribution < 1.29 is 4.74 Å². The van der Waals surface area contributed by atoms with Gasteiger partial charge in [0.05, 0.1) is 23.8 Å². The number of ether oxygens (including phenoxy) is 1. The van der Waals surface area contributed by atoms with Gasteiger partial charge in [-0.15, -0.1) is 10.2 Å². The van der Waals surface area contributed by atoms with Crippen LogP contribution in [0.25, 0.3) is 10.9 Å². The van der Waals surface area contributed by atoms with E-state index in [1.165, 1.54) is 17.3 Å². The molecule has 0 fully saturated rings. The summed E-state index contributed by atoms with van der Waals surface area (Å²) in [6, 6.07) is 15.5. The molecule has 160 valence electrons. The molecule has 0 amide bonds. The molecule has 0 bridgehead atoms. The number of thioether (sulfide) groups is 1. The molecule has 0 atom stereocenters. The molecular weight excluding hydrogens is 410 g/mol. The summed E-state index contributed by atoms with van der Waals surface area (Å²) < 4.78 is 7.35. The maximum atomic E-state index is 12.3. The average molecular weight is 436 g/mol. The lowest BCUT2D eigenvalue weighted by Gasteiger charge is -2.08. The Labute approximate surface area is 184 Å². The topological polar surface area (TPSA) is 85.7 Å². The van der Waals surface area contributed by atoms with Gasteiger partial charge in [0.1, 0.15) is 17.4 Å². The lowest BCUT2D eigenvalue weighted by molar-refractivity contribution is 0.414. The molecule has 0 aliphatic carbocycles. The molecule has 8 heteroatoms. The first-order valence-corrected chi connectivity index (χ1v) is 11.3. The van der Waals surface area contributed by atoms with Crippen LogP contribution in [0.5, 0.6) is 5.75 Å². The van der Waals surface area contributed by atoms with Crippen molar-refractivity contribution in [2.24, 2.45) is 0 Å². The number of benzene rings is 2. The van der Waals surface area contributed by atoms with E-state index < -0.39 is 0 Å². The van der Waals surface area contributed by atoms with Crippen LogP contribution >= 0.6 is 11.8 Å². The van der Waals surface area contributed by atoms with Crippen LogP contribution < -0.4 is 10.3 Å². The second-order valence-electron chi connectivity index (χ2n) is 7.16. The minimum Gasteiger partial charge on any atom is -0.497 e. The Kier molecular flexibility index (Phi) is 6.66. The van der Waals surface area contributed by atoms with E-state index in [4.69, 9.17) is 4.74 Å². The van der Waals surface area contributed by atoms with Gasteiger partial charge >= 0.3 is 0 Å². The monoisotopic (exact) mass is 435 g/mol. The molecule has 1 N–H and O–H groups in total. The van der Waals surface area contributed by atoms with E-state index in [0.29, 0.717) is 22.5 Å². The van der Waals surface area contributed by atoms with Crippen LogP contribution in [0.1, 0.15) is 30.6 Å². The second kappa shape index (κ2) is 9.78. The molecule has 0 aliphatic heterocycles. The Balaban J connectivity index is 1.39. The Morgan fingerprint density at radius 2 is 1.87 bits per heavy atom. The summed E-state index contributed by atoms with van der Waals surface area (Å²) in [6.45, 7) is 2.89. The number of rotatable bonds is 9. The summed E-state index contributed by atoms with van der Waals surface area (Å²) >= 11 is 1.54. The second-order valence-corrected chi connectivity index (χ2v) is 8.11. The van der Waals surface area contributed by atoms with Crippen molar-refractivity contribution in [3.63, 3.8) is 0 Å². The average Bonchev–Trinajstić information content (AvgIpc) is 3.20. The summed E-state index contributed by atoms with van der Waals surface area (Å²) in [4.78, 5) is 19.7. The Bertz CT molecular complexity index is 1220. The SMILES string of the molecule is CCn1c(CCCc2ccc(OC)cc2)nnc1SCc1nc2ccccc2c(=O)[nH]1. The third kappa shape index (κ3) is 4.96. The van der Waals surface area contributed by atoms with Crippen LogP contribution in [-0.4, -0.2) is 31.8 Å². The van der Waals surface area contributed by atoms with E-state index >= 15 is 0 Å². The molecule has 4 rings (SSSR count). The number of nitrogens with one attached hydrogen (secondary N) is 1. The number of hydrogen-bond donors (Lipinski definition) is 1. The zero-order chi connectivity index (χ0) is 21.6. The number of para-hydroxylation sites is 1. The van der Waals surface area contributed by atoms with Gasteiger partial charge in [-0.2, -0.15) is 0 Å². The van der Waals surface area contributed by atoms with Gasteiger partial charge in [-0.25, -0.2) is 4.98 Å². The molecule has 0 saturated heterocycles. The Morgan fingerprint density at radius 1 is 1.06 bits per heavy atom. The number of fused-ring (bicyclic) bond motifs is 1. The van der Waals surface area contributed by atoms with Crippen LogP contribution in [0.2, 0.25) is 0 Å². The standard InChI is InChI=1S/C23H25N5O2S/c1-3-28-21(10-6-7-16-11-13-17(30-2)14-12-16)26-27-23(28)31-15-20-24-19-9-5-4-8-18(19)22(29)25-20/h4-5,8-9,11-14H,3,6-7,10,15H2,1-2H3,(H,24,25,29). The summed E-state index contributed by atoms with van der Waals surface area (Å²) in [6.07, 6.45) is 2.83. The quantitative estimate of drug-likeness (QED) is 0.400. The van der Waals surface area contributed by atoms with Crippen LogP contribution in [-0.2, 0) is 25.1 Å². The zero-order valence-corrected chi connectivity index (χ0v) is 18.5. The molecule has 0 radical (unpaired) electrons. The fourth-order valence-electron chi connectivity index (χ4n) is 3.51. The molecule has 0 saturated carbocycles. The summed E-state index contributed by atoms with van der Waals surface area (Å²) in [5.74, 6) is 3.03. The van der Waals surface area contributed by atoms with E-state index in [9.17, 15) is 4.79 Å². The number of aromatic nitrogens is 5. The van der Waals surface area contributed by atoms with E-state index in [1.54, 1.807) is 13.2 Å². The van der Waals surface area contributed by atoms with E-state index in [1.807, 2.05) is 30.3 Å². The van der Waals surface area contributed by atoms with Crippen molar-refractivity contribution in [2.45, 2.75) is 43.6 Å². The van der Waals surface area contributed by atoms with Crippen molar-refractivity contribution in [3.8, 4) is 5.75 Å². The fraction of sp³-hybridized carbons (Fsp3) is 0.304. The minimum absolute atomic E-state index is 0.114. The smallest absolute Gasteiger partial charge is 0.258 e. The van der Waals surface area contributed by atoms with Crippen molar-refractivity contribution in [2.75, 3.05) is 7.11 Å². The number of nitrogens with zero attached hydrogens (tertiary/aromatic N) is 4. The molecule has 4 aromatic rings. The molecule has 2 heterocycles. The highest BCUT2D eigenvalue weighted by atomic mass is 32.2. The number of aryl methyl sites for hydroxylation is 2. The maximum Gasteiger partial charge on any atom is 0.258 e. The molecule has 2 aromatic carbocycles. The number of H-pyrrole nitrogens is 1. The van der Waals surface area contributed by atoms with E-state index in [2.05, 4.69) is 43.8 Å². The van der Waals surface area contributed by atoms with Crippen LogP contribution in [0.4, 0.5) is 0 Å². The van der Waals surface area contributed by atoms with Gasteiger partial charge in [0, 0.05) is 13.0 Å². The predicted molar refractivity (Wildman–Crippen MR) is 123 cm³/mol. The van der Waals surface area contributed by atoms with Gasteiger partial charge < -0.3 is 14.3 Å². The third-order valence-electron chi connectivity index (χ3n) is 5.13. The molecule has 0 aliphatic rings. The molecular formula is C23H25N5O2S. The molecule has 7 nitrogen and oxygen atoms in total. The number of hydrogen-bond acceptors (Lipinski definition) is 6. The highest BCUT2D eigenvalue weighted by Crippen LogP contribution is 2.22. The third-order valence-corrected chi connectivity index (χ3v) is 6.11. The zero-order valence-electron chi connectivity index (χ0n) is 17.7. The highest BCUT2D eigenvalue weighted by molar-refractivity contribution is 7.98. The Morgan fingerprint density at radius 3 is 2.65 bits per heavy atom. The fourth-order valence-corrected chi connectivity index (χ4v) is 4.40. The van der Waals surface area contributed by atoms with Crippen molar-refractivity contribution >= 4 is 22.7 Å². The maximum absolute atomic E-state index is 12.3. The summed E-state index contributed by atoms with van der Waals surface area (Å²) in [5.41, 5.74) is 1.87. The van der Waals surface area contributed by atoms with Gasteiger partial charge in [-0.05, 0) is 49.6 Å². The molecule has 31 heavy (non-hydrogen) atoms. The van der Waals surface area contributed by atoms with Crippen LogP contribution in [0, 0.1) is 0 Å². The van der Waals surface area contributed by atoms with Gasteiger partial charge in [0.25, 0.3) is 5.56 Å². The van der Waals surface area contributed by atoms with Gasteiger partial charge in [-0.1, -0.05) is 36.0 Å². The largest absolute Gasteiger partial charge is 0.497 e. The number of aromatic amines is 1. The predicted octanol–water partition coefficient (Wildman–Crippen LogP) is 4.01. The van der Waals surface area contributed by atoms with Crippen LogP contribution in [0.15, 0.2) is 58.5 Å². The normalized spacial score (nSPS) is 11.2. The minimum atomic E-state index is -0.114. The van der Waals surface area contributed by atoms with Gasteiger partial charge in [0.15, 0.2) is 5.16 Å². The van der Waals surface area contributed by atoms with Crippen molar-refractivity contribution in [1.82, 2.24) is 24.7 Å².